The fourth-order valence-electron chi connectivity index (χ4n) is 1.67. The van der Waals surface area contributed by atoms with Crippen molar-refractivity contribution >= 4 is 46.2 Å². The van der Waals surface area contributed by atoms with Gasteiger partial charge in [-0.1, -0.05) is 0 Å². The Morgan fingerprint density at radius 2 is 2.19 bits per heavy atom. The van der Waals surface area contributed by atoms with Gasteiger partial charge in [0.1, 0.15) is 0 Å². The minimum absolute atomic E-state index is 0.0602. The fraction of sp³-hybridized carbons (Fsp3) is 0.0714. The van der Waals surface area contributed by atoms with Crippen molar-refractivity contribution in [1.29, 1.82) is 0 Å². The Bertz CT molecular complexity index is 722. The SMILES string of the molecule is Cn1cc(C=CC(=O)Nc2ccc(I)cc2C(=O)O)cn1. The molecule has 2 N–H and O–H groups in total. The number of nitrogens with one attached hydrogen (secondary N) is 1. The van der Waals surface area contributed by atoms with Crippen molar-refractivity contribution in [3.63, 3.8) is 0 Å². The Morgan fingerprint density at radius 3 is 2.81 bits per heavy atom. The molecule has 1 heterocycles. The van der Waals surface area contributed by atoms with Gasteiger partial charge in [-0.3, -0.25) is 9.48 Å². The van der Waals surface area contributed by atoms with E-state index in [1.54, 1.807) is 42.3 Å². The standard InChI is InChI=1S/C14H12IN3O3/c1-18-8-9(7-16-18)2-5-13(19)17-12-4-3-10(15)6-11(12)14(20)21/h2-8H,1H3,(H,17,19)(H,20,21). The lowest BCUT2D eigenvalue weighted by atomic mass is 10.2. The number of amides is 1. The zero-order chi connectivity index (χ0) is 15.4. The lowest BCUT2D eigenvalue weighted by Gasteiger charge is -2.06. The molecule has 1 aromatic carbocycles. The van der Waals surface area contributed by atoms with Gasteiger partial charge in [-0.15, -0.1) is 0 Å². The first-order valence-electron chi connectivity index (χ1n) is 5.96. The molecule has 0 unspecified atom stereocenters. The summed E-state index contributed by atoms with van der Waals surface area (Å²) < 4.78 is 2.41. The monoisotopic (exact) mass is 397 g/mol. The van der Waals surface area contributed by atoms with Crippen LogP contribution < -0.4 is 5.32 Å². The lowest BCUT2D eigenvalue weighted by Crippen LogP contribution is -2.12. The number of halogens is 1. The largest absolute Gasteiger partial charge is 0.478 e. The van der Waals surface area contributed by atoms with E-state index in [0.29, 0.717) is 0 Å². The minimum atomic E-state index is -1.08. The predicted molar refractivity (Wildman–Crippen MR) is 87.0 cm³/mol. The maximum Gasteiger partial charge on any atom is 0.337 e. The van der Waals surface area contributed by atoms with Crippen LogP contribution in [0, 0.1) is 3.57 Å². The molecule has 6 nitrogen and oxygen atoms in total. The summed E-state index contributed by atoms with van der Waals surface area (Å²) in [6.07, 6.45) is 6.32. The highest BCUT2D eigenvalue weighted by molar-refractivity contribution is 14.1. The van der Waals surface area contributed by atoms with E-state index in [4.69, 9.17) is 5.11 Å². The van der Waals surface area contributed by atoms with Gasteiger partial charge in [0.2, 0.25) is 5.91 Å². The number of carbonyl (C=O) groups is 2. The Morgan fingerprint density at radius 1 is 1.43 bits per heavy atom. The number of hydrogen-bond acceptors (Lipinski definition) is 3. The van der Waals surface area contributed by atoms with E-state index in [9.17, 15) is 9.59 Å². The quantitative estimate of drug-likeness (QED) is 0.613. The van der Waals surface area contributed by atoms with Crippen molar-refractivity contribution in [2.45, 2.75) is 0 Å². The molecule has 0 aliphatic heterocycles. The molecule has 0 radical (unpaired) electrons. The maximum atomic E-state index is 11.8. The Labute approximate surface area is 134 Å². The van der Waals surface area contributed by atoms with Crippen LogP contribution >= 0.6 is 22.6 Å². The van der Waals surface area contributed by atoms with E-state index >= 15 is 0 Å². The zero-order valence-corrected chi connectivity index (χ0v) is 13.2. The lowest BCUT2D eigenvalue weighted by molar-refractivity contribution is -0.111. The highest BCUT2D eigenvalue weighted by atomic mass is 127. The Balaban J connectivity index is 2.13. The van der Waals surface area contributed by atoms with Crippen LogP contribution in [0.4, 0.5) is 5.69 Å². The molecule has 1 aromatic heterocycles. The van der Waals surface area contributed by atoms with Gasteiger partial charge in [0, 0.05) is 28.5 Å². The number of aryl methyl sites for hydroxylation is 1. The van der Waals surface area contributed by atoms with Gasteiger partial charge in [0.15, 0.2) is 0 Å². The highest BCUT2D eigenvalue weighted by Gasteiger charge is 2.11. The second-order valence-electron chi connectivity index (χ2n) is 4.26. The third kappa shape index (κ3) is 4.15. The summed E-state index contributed by atoms with van der Waals surface area (Å²) in [7, 11) is 1.78. The van der Waals surface area contributed by atoms with Gasteiger partial charge in [-0.05, 0) is 46.9 Å². The number of aromatic nitrogens is 2. The van der Waals surface area contributed by atoms with E-state index in [0.717, 1.165) is 9.13 Å². The van der Waals surface area contributed by atoms with E-state index in [2.05, 4.69) is 10.4 Å². The molecule has 7 heteroatoms. The van der Waals surface area contributed by atoms with Gasteiger partial charge in [-0.25, -0.2) is 4.79 Å². The van der Waals surface area contributed by atoms with Crippen LogP contribution in [0.15, 0.2) is 36.7 Å². The summed E-state index contributed by atoms with van der Waals surface area (Å²) in [4.78, 5) is 23.0. The van der Waals surface area contributed by atoms with Crippen LogP contribution in [-0.4, -0.2) is 26.8 Å². The van der Waals surface area contributed by atoms with Gasteiger partial charge >= 0.3 is 5.97 Å². The molecule has 0 aliphatic rings. The van der Waals surface area contributed by atoms with Crippen LogP contribution in [0.2, 0.25) is 0 Å². The molecule has 1 amide bonds. The first-order chi connectivity index (χ1) is 9.95. The topological polar surface area (TPSA) is 84.2 Å². The molecule has 21 heavy (non-hydrogen) atoms. The minimum Gasteiger partial charge on any atom is -0.478 e. The first-order valence-corrected chi connectivity index (χ1v) is 7.04. The highest BCUT2D eigenvalue weighted by Crippen LogP contribution is 2.19. The van der Waals surface area contributed by atoms with Gasteiger partial charge in [-0.2, -0.15) is 5.10 Å². The maximum absolute atomic E-state index is 11.8. The van der Waals surface area contributed by atoms with Crippen molar-refractivity contribution in [2.75, 3.05) is 5.32 Å². The molecule has 0 bridgehead atoms. The first kappa shape index (κ1) is 15.2. The van der Waals surface area contributed by atoms with E-state index < -0.39 is 11.9 Å². The van der Waals surface area contributed by atoms with Gasteiger partial charge < -0.3 is 10.4 Å². The number of rotatable bonds is 4. The number of benzene rings is 1. The number of hydrogen-bond donors (Lipinski definition) is 2. The van der Waals surface area contributed by atoms with Crippen molar-refractivity contribution in [2.24, 2.45) is 7.05 Å². The van der Waals surface area contributed by atoms with Crippen molar-refractivity contribution < 1.29 is 14.7 Å². The summed E-state index contributed by atoms with van der Waals surface area (Å²) >= 11 is 2.02. The molecule has 2 aromatic rings. The summed E-state index contributed by atoms with van der Waals surface area (Å²) in [5.41, 5.74) is 1.11. The van der Waals surface area contributed by atoms with E-state index in [1.165, 1.54) is 12.1 Å². The molecule has 0 fully saturated rings. The molecule has 0 aliphatic carbocycles. The van der Waals surface area contributed by atoms with Crippen molar-refractivity contribution in [1.82, 2.24) is 9.78 Å². The molecule has 0 atom stereocenters. The normalized spacial score (nSPS) is 10.8. The molecular weight excluding hydrogens is 385 g/mol. The zero-order valence-electron chi connectivity index (χ0n) is 11.1. The van der Waals surface area contributed by atoms with Crippen LogP contribution in [0.3, 0.4) is 0 Å². The molecule has 0 spiro atoms. The van der Waals surface area contributed by atoms with Crippen molar-refractivity contribution in [3.8, 4) is 0 Å². The van der Waals surface area contributed by atoms with E-state index in [-0.39, 0.29) is 11.3 Å². The molecule has 0 saturated carbocycles. The Kier molecular flexibility index (Phi) is 4.73. The number of anilines is 1. The average molecular weight is 397 g/mol. The number of carbonyl (C=O) groups excluding carboxylic acids is 1. The molecule has 108 valence electrons. The number of carboxylic acids is 1. The number of carboxylic acid groups (broad SMARTS) is 1. The number of aromatic carboxylic acids is 1. The summed E-state index contributed by atoms with van der Waals surface area (Å²) in [6.45, 7) is 0. The van der Waals surface area contributed by atoms with Gasteiger partial charge in [0.25, 0.3) is 0 Å². The summed E-state index contributed by atoms with van der Waals surface area (Å²) in [5.74, 6) is -1.48. The predicted octanol–water partition coefficient (Wildman–Crippen LogP) is 2.37. The second-order valence-corrected chi connectivity index (χ2v) is 5.51. The van der Waals surface area contributed by atoms with E-state index in [1.807, 2.05) is 22.6 Å². The molecule has 0 saturated heterocycles. The van der Waals surface area contributed by atoms with Crippen LogP contribution in [0.25, 0.3) is 6.08 Å². The van der Waals surface area contributed by atoms with Crippen LogP contribution in [-0.2, 0) is 11.8 Å². The third-order valence-corrected chi connectivity index (χ3v) is 3.29. The summed E-state index contributed by atoms with van der Waals surface area (Å²) in [6, 6.07) is 4.80. The van der Waals surface area contributed by atoms with Gasteiger partial charge in [0.05, 0.1) is 17.4 Å². The number of nitrogens with zero attached hydrogens (tertiary/aromatic N) is 2. The van der Waals surface area contributed by atoms with Crippen LogP contribution in [0.5, 0.6) is 0 Å². The smallest absolute Gasteiger partial charge is 0.337 e. The molecular formula is C14H12IN3O3. The third-order valence-electron chi connectivity index (χ3n) is 2.62. The average Bonchev–Trinajstić information content (AvgIpc) is 2.84. The molecule has 2 rings (SSSR count). The second kappa shape index (κ2) is 6.53. The fourth-order valence-corrected chi connectivity index (χ4v) is 2.17. The van der Waals surface area contributed by atoms with Crippen molar-refractivity contribution in [3.05, 3.63) is 51.4 Å². The summed E-state index contributed by atoms with van der Waals surface area (Å²) in [5, 5.41) is 15.7. The van der Waals surface area contributed by atoms with Crippen LogP contribution in [0.1, 0.15) is 15.9 Å². The Hall–Kier alpha value is -2.16.